The standard InChI is InChI=1S/C7H13IO5/c8-7-4(10)1-3(9)5(13-7)2-6(11)12/h3-7,9-12H,1-2H2/t3?,4?,5-,7-/m1/s1. The van der Waals surface area contributed by atoms with Crippen molar-refractivity contribution in [1.82, 2.24) is 0 Å². The molecule has 1 aliphatic heterocycles. The lowest BCUT2D eigenvalue weighted by Crippen LogP contribution is -2.45. The number of aliphatic hydroxyl groups excluding tert-OH is 3. The molecule has 1 saturated heterocycles. The van der Waals surface area contributed by atoms with Crippen LogP contribution in [0.5, 0.6) is 0 Å². The number of hydrogen-bond acceptors (Lipinski definition) is 5. The molecular formula is C7H13IO5. The summed E-state index contributed by atoms with van der Waals surface area (Å²) >= 11 is 1.91. The van der Waals surface area contributed by atoms with E-state index in [-0.39, 0.29) is 12.8 Å². The molecule has 6 heteroatoms. The Morgan fingerprint density at radius 2 is 1.92 bits per heavy atom. The van der Waals surface area contributed by atoms with Crippen LogP contribution in [0.2, 0.25) is 0 Å². The van der Waals surface area contributed by atoms with E-state index in [1.54, 1.807) is 0 Å². The zero-order valence-electron chi connectivity index (χ0n) is 6.88. The summed E-state index contributed by atoms with van der Waals surface area (Å²) in [5.41, 5.74) is 0. The van der Waals surface area contributed by atoms with Gasteiger partial charge in [-0.3, -0.25) is 0 Å². The number of alkyl halides is 1. The van der Waals surface area contributed by atoms with Crippen molar-refractivity contribution in [2.45, 2.75) is 41.6 Å². The van der Waals surface area contributed by atoms with Crippen LogP contribution in [-0.2, 0) is 4.74 Å². The summed E-state index contributed by atoms with van der Waals surface area (Å²) in [5.74, 6) is 0. The van der Waals surface area contributed by atoms with Crippen LogP contribution in [0, 0.1) is 0 Å². The van der Waals surface area contributed by atoms with E-state index in [2.05, 4.69) is 0 Å². The lowest BCUT2D eigenvalue weighted by molar-refractivity contribution is -0.162. The second-order valence-electron chi connectivity index (χ2n) is 3.11. The van der Waals surface area contributed by atoms with E-state index in [0.717, 1.165) is 0 Å². The maximum absolute atomic E-state index is 9.40. The van der Waals surface area contributed by atoms with Gasteiger partial charge >= 0.3 is 0 Å². The molecule has 0 bridgehead atoms. The minimum Gasteiger partial charge on any atom is -0.390 e. The molecule has 0 aromatic carbocycles. The van der Waals surface area contributed by atoms with Crippen LogP contribution in [0.15, 0.2) is 0 Å². The zero-order chi connectivity index (χ0) is 10.0. The Kier molecular flexibility index (Phi) is 4.33. The van der Waals surface area contributed by atoms with Gasteiger partial charge in [-0.05, 0) is 22.6 Å². The summed E-state index contributed by atoms with van der Waals surface area (Å²) < 4.78 is 4.79. The number of ether oxygens (including phenoxy) is 1. The van der Waals surface area contributed by atoms with Crippen LogP contribution < -0.4 is 0 Å². The Morgan fingerprint density at radius 1 is 1.31 bits per heavy atom. The van der Waals surface area contributed by atoms with E-state index in [1.165, 1.54) is 0 Å². The first-order valence-corrected chi connectivity index (χ1v) is 5.27. The van der Waals surface area contributed by atoms with Crippen molar-refractivity contribution >= 4 is 22.6 Å². The quantitative estimate of drug-likeness (QED) is 0.297. The van der Waals surface area contributed by atoms with Gasteiger partial charge in [0.1, 0.15) is 4.11 Å². The topological polar surface area (TPSA) is 90.2 Å². The smallest absolute Gasteiger partial charge is 0.154 e. The van der Waals surface area contributed by atoms with Gasteiger partial charge in [-0.2, -0.15) is 0 Å². The fourth-order valence-corrected chi connectivity index (χ4v) is 1.95. The van der Waals surface area contributed by atoms with Crippen molar-refractivity contribution < 1.29 is 25.2 Å². The van der Waals surface area contributed by atoms with Gasteiger partial charge in [0.25, 0.3) is 0 Å². The average molecular weight is 304 g/mol. The van der Waals surface area contributed by atoms with Gasteiger partial charge in [0.2, 0.25) is 0 Å². The number of halogens is 1. The summed E-state index contributed by atoms with van der Waals surface area (Å²) in [4.78, 5) is 0. The van der Waals surface area contributed by atoms with Crippen molar-refractivity contribution in [3.05, 3.63) is 0 Å². The third kappa shape index (κ3) is 3.30. The molecule has 4 atom stereocenters. The summed E-state index contributed by atoms with van der Waals surface area (Å²) in [5, 5.41) is 36.0. The Hall–Kier alpha value is 0.530. The predicted molar refractivity (Wildman–Crippen MR) is 52.2 cm³/mol. The lowest BCUT2D eigenvalue weighted by atomic mass is 10.0. The molecule has 1 aliphatic rings. The van der Waals surface area contributed by atoms with Crippen LogP contribution in [0.1, 0.15) is 12.8 Å². The molecule has 0 aromatic heterocycles. The van der Waals surface area contributed by atoms with Crippen LogP contribution in [0.25, 0.3) is 0 Å². The third-order valence-corrected chi connectivity index (χ3v) is 3.09. The van der Waals surface area contributed by atoms with Gasteiger partial charge in [0, 0.05) is 12.8 Å². The molecule has 0 amide bonds. The maximum atomic E-state index is 9.40. The van der Waals surface area contributed by atoms with Crippen molar-refractivity contribution in [2.75, 3.05) is 0 Å². The fraction of sp³-hybridized carbons (Fsp3) is 1.00. The normalized spacial score (nSPS) is 41.1. The highest BCUT2D eigenvalue weighted by Crippen LogP contribution is 2.26. The van der Waals surface area contributed by atoms with E-state index in [9.17, 15) is 10.2 Å². The van der Waals surface area contributed by atoms with Gasteiger partial charge in [-0.15, -0.1) is 0 Å². The van der Waals surface area contributed by atoms with Gasteiger partial charge in [0.15, 0.2) is 6.29 Å². The summed E-state index contributed by atoms with van der Waals surface area (Å²) in [6.07, 6.45) is -3.44. The van der Waals surface area contributed by atoms with Crippen molar-refractivity contribution in [2.24, 2.45) is 0 Å². The van der Waals surface area contributed by atoms with Gasteiger partial charge in [0.05, 0.1) is 18.3 Å². The monoisotopic (exact) mass is 304 g/mol. The SMILES string of the molecule is OC(O)C[C@H]1O[C@@H](I)C(O)CC1O. The molecular weight excluding hydrogens is 291 g/mol. The molecule has 4 N–H and O–H groups in total. The first-order chi connectivity index (χ1) is 6.00. The number of rotatable bonds is 2. The Morgan fingerprint density at radius 3 is 2.46 bits per heavy atom. The summed E-state index contributed by atoms with van der Waals surface area (Å²) in [7, 11) is 0. The Bertz CT molecular complexity index is 165. The molecule has 1 heterocycles. The second-order valence-corrected chi connectivity index (χ2v) is 4.34. The molecule has 1 rings (SSSR count). The molecule has 2 unspecified atom stereocenters. The third-order valence-electron chi connectivity index (χ3n) is 1.96. The molecule has 0 radical (unpaired) electrons. The van der Waals surface area contributed by atoms with Gasteiger partial charge < -0.3 is 25.2 Å². The van der Waals surface area contributed by atoms with E-state index in [4.69, 9.17) is 14.9 Å². The van der Waals surface area contributed by atoms with Crippen molar-refractivity contribution in [1.29, 1.82) is 0 Å². The minimum absolute atomic E-state index is 0.0343. The first kappa shape index (κ1) is 11.6. The van der Waals surface area contributed by atoms with Gasteiger partial charge in [-0.1, -0.05) is 0 Å². The molecule has 0 aliphatic carbocycles. The molecule has 0 spiro atoms. The first-order valence-electron chi connectivity index (χ1n) is 4.02. The van der Waals surface area contributed by atoms with Crippen LogP contribution in [0.3, 0.4) is 0 Å². The highest BCUT2D eigenvalue weighted by molar-refractivity contribution is 14.1. The van der Waals surface area contributed by atoms with Crippen molar-refractivity contribution in [3.8, 4) is 0 Å². The number of aliphatic hydroxyl groups is 4. The molecule has 5 nitrogen and oxygen atoms in total. The maximum Gasteiger partial charge on any atom is 0.154 e. The highest BCUT2D eigenvalue weighted by atomic mass is 127. The van der Waals surface area contributed by atoms with Crippen LogP contribution >= 0.6 is 22.6 Å². The van der Waals surface area contributed by atoms with Crippen molar-refractivity contribution in [3.63, 3.8) is 0 Å². The van der Waals surface area contributed by atoms with Gasteiger partial charge in [-0.25, -0.2) is 0 Å². The highest BCUT2D eigenvalue weighted by Gasteiger charge is 2.35. The van der Waals surface area contributed by atoms with E-state index in [1.807, 2.05) is 22.6 Å². The molecule has 13 heavy (non-hydrogen) atoms. The van der Waals surface area contributed by atoms with E-state index in [0.29, 0.717) is 0 Å². The Balaban J connectivity index is 2.46. The fourth-order valence-electron chi connectivity index (χ4n) is 1.27. The molecule has 1 fully saturated rings. The summed E-state index contributed by atoms with van der Waals surface area (Å²) in [6, 6.07) is 0. The second kappa shape index (κ2) is 4.85. The molecule has 0 aromatic rings. The zero-order valence-corrected chi connectivity index (χ0v) is 9.03. The number of hydrogen-bond donors (Lipinski definition) is 4. The predicted octanol–water partition coefficient (Wildman–Crippen LogP) is -1.04. The van der Waals surface area contributed by atoms with E-state index < -0.39 is 28.7 Å². The minimum atomic E-state index is -1.49. The molecule has 0 saturated carbocycles. The van der Waals surface area contributed by atoms with E-state index >= 15 is 0 Å². The lowest BCUT2D eigenvalue weighted by Gasteiger charge is -2.34. The molecule has 78 valence electrons. The summed E-state index contributed by atoms with van der Waals surface area (Å²) in [6.45, 7) is 0. The Labute approximate surface area is 89.5 Å². The van der Waals surface area contributed by atoms with Crippen LogP contribution in [0.4, 0.5) is 0 Å². The van der Waals surface area contributed by atoms with Crippen LogP contribution in [-0.4, -0.2) is 49.1 Å². The largest absolute Gasteiger partial charge is 0.390 e. The average Bonchev–Trinajstić information content (AvgIpc) is 1.99.